The zero-order valence-electron chi connectivity index (χ0n) is 15.9. The van der Waals surface area contributed by atoms with Crippen LogP contribution in [0.2, 0.25) is 0 Å². The molecule has 0 N–H and O–H groups in total. The fourth-order valence-corrected chi connectivity index (χ4v) is 6.35. The molecule has 0 aromatic heterocycles. The zero-order valence-corrected chi connectivity index (χ0v) is 15.9. The first-order valence-corrected chi connectivity index (χ1v) is 9.92. The molecule has 1 aromatic rings. The van der Waals surface area contributed by atoms with E-state index in [-0.39, 0.29) is 0 Å². The first-order valence-electron chi connectivity index (χ1n) is 9.92. The van der Waals surface area contributed by atoms with Gasteiger partial charge in [-0.15, -0.1) is 0 Å². The van der Waals surface area contributed by atoms with Crippen molar-refractivity contribution >= 4 is 6.21 Å². The van der Waals surface area contributed by atoms with Gasteiger partial charge < -0.3 is 4.84 Å². The van der Waals surface area contributed by atoms with E-state index in [1.165, 1.54) is 32.1 Å². The Morgan fingerprint density at radius 1 is 1.12 bits per heavy atom. The van der Waals surface area contributed by atoms with E-state index in [9.17, 15) is 0 Å². The first-order chi connectivity index (χ1) is 12.0. The molecule has 1 aromatic carbocycles. The van der Waals surface area contributed by atoms with Gasteiger partial charge in [-0.25, -0.2) is 0 Å². The highest BCUT2D eigenvalue weighted by Crippen LogP contribution is 2.70. The number of oxime groups is 1. The topological polar surface area (TPSA) is 21.6 Å². The molecule has 25 heavy (non-hydrogen) atoms. The second-order valence-electron chi connectivity index (χ2n) is 9.21. The smallest absolute Gasteiger partial charge is 0.142 e. The Hall–Kier alpha value is -1.57. The fraction of sp³-hybridized carbons (Fsp3) is 0.609. The summed E-state index contributed by atoms with van der Waals surface area (Å²) in [6, 6.07) is 10.2. The molecule has 3 fully saturated rings. The van der Waals surface area contributed by atoms with Crippen LogP contribution in [0, 0.1) is 28.6 Å². The van der Waals surface area contributed by atoms with Crippen molar-refractivity contribution in [3.63, 3.8) is 0 Å². The van der Waals surface area contributed by atoms with E-state index < -0.39 is 0 Å². The standard InChI is InChI=1S/C23H31NO/c1-22(2)13-7-14-23(3)19(18-10-11-20(23)21(18)22)12-15-24-25-16-17-8-5-4-6-9-17/h4-6,8-9,12,15,18,20-21H,7,10-11,13-14,16H2,1-3H3/b19-12-,24-15+/t18-,20-,21-,23-/m1/s1. The van der Waals surface area contributed by atoms with Gasteiger partial charge in [-0.05, 0) is 65.9 Å². The summed E-state index contributed by atoms with van der Waals surface area (Å²) >= 11 is 0. The average Bonchev–Trinajstić information content (AvgIpc) is 3.09. The van der Waals surface area contributed by atoms with E-state index in [4.69, 9.17) is 4.84 Å². The molecule has 0 heterocycles. The molecule has 4 bridgehead atoms. The van der Waals surface area contributed by atoms with Crippen LogP contribution < -0.4 is 0 Å². The van der Waals surface area contributed by atoms with Crippen LogP contribution in [-0.4, -0.2) is 6.21 Å². The van der Waals surface area contributed by atoms with Crippen molar-refractivity contribution in [2.75, 3.05) is 0 Å². The summed E-state index contributed by atoms with van der Waals surface area (Å²) in [6.07, 6.45) is 11.1. The molecule has 2 heteroatoms. The Kier molecular flexibility index (Phi) is 4.25. The fourth-order valence-electron chi connectivity index (χ4n) is 6.35. The molecule has 2 nitrogen and oxygen atoms in total. The molecule has 3 aliphatic carbocycles. The predicted octanol–water partition coefficient (Wildman–Crippen LogP) is 5.99. The molecule has 0 unspecified atom stereocenters. The molecule has 3 saturated carbocycles. The normalized spacial score (nSPS) is 37.6. The number of nitrogens with zero attached hydrogens (tertiary/aromatic N) is 1. The third kappa shape index (κ3) is 2.84. The van der Waals surface area contributed by atoms with Crippen LogP contribution in [0.1, 0.15) is 58.4 Å². The van der Waals surface area contributed by atoms with E-state index in [0.717, 1.165) is 23.3 Å². The van der Waals surface area contributed by atoms with Gasteiger partial charge in [0.05, 0.1) is 6.21 Å². The minimum atomic E-state index is 0.396. The van der Waals surface area contributed by atoms with E-state index in [2.05, 4.69) is 44.1 Å². The summed E-state index contributed by atoms with van der Waals surface area (Å²) in [7, 11) is 0. The quantitative estimate of drug-likeness (QED) is 0.488. The molecule has 0 spiro atoms. The molecule has 3 aliphatic rings. The molecular formula is C23H31NO. The Balaban J connectivity index is 1.48. The summed E-state index contributed by atoms with van der Waals surface area (Å²) in [5.74, 6) is 2.51. The Morgan fingerprint density at radius 3 is 2.72 bits per heavy atom. The highest BCUT2D eigenvalue weighted by atomic mass is 16.6. The highest BCUT2D eigenvalue weighted by Gasteiger charge is 2.62. The van der Waals surface area contributed by atoms with Crippen LogP contribution in [0.4, 0.5) is 0 Å². The van der Waals surface area contributed by atoms with Crippen molar-refractivity contribution in [1.82, 2.24) is 0 Å². The van der Waals surface area contributed by atoms with Gasteiger partial charge >= 0.3 is 0 Å². The summed E-state index contributed by atoms with van der Waals surface area (Å²) < 4.78 is 0. The maximum absolute atomic E-state index is 5.49. The summed E-state index contributed by atoms with van der Waals surface area (Å²) in [5, 5.41) is 4.22. The number of hydrogen-bond acceptors (Lipinski definition) is 2. The lowest BCUT2D eigenvalue weighted by atomic mass is 9.68. The van der Waals surface area contributed by atoms with Crippen LogP contribution in [0.5, 0.6) is 0 Å². The maximum Gasteiger partial charge on any atom is 0.142 e. The zero-order chi connectivity index (χ0) is 17.5. The van der Waals surface area contributed by atoms with Gasteiger partial charge in [0, 0.05) is 0 Å². The SMILES string of the molecule is CC1(C)CCC[C@]2(C)/C(=C\C=N\OCc3ccccc3)[C@H]3CC[C@@H]2[C@@H]31. The monoisotopic (exact) mass is 337 g/mol. The molecule has 0 saturated heterocycles. The molecule has 4 atom stereocenters. The lowest BCUT2D eigenvalue weighted by Gasteiger charge is -2.36. The molecule has 134 valence electrons. The predicted molar refractivity (Wildman–Crippen MR) is 103 cm³/mol. The van der Waals surface area contributed by atoms with E-state index >= 15 is 0 Å². The van der Waals surface area contributed by atoms with Crippen LogP contribution in [0.3, 0.4) is 0 Å². The second-order valence-corrected chi connectivity index (χ2v) is 9.21. The first kappa shape index (κ1) is 16.9. The van der Waals surface area contributed by atoms with Crippen LogP contribution >= 0.6 is 0 Å². The number of benzene rings is 1. The Bertz CT molecular complexity index is 675. The molecule has 0 radical (unpaired) electrons. The minimum Gasteiger partial charge on any atom is -0.391 e. The lowest BCUT2D eigenvalue weighted by molar-refractivity contribution is 0.132. The second kappa shape index (κ2) is 6.30. The van der Waals surface area contributed by atoms with Crippen molar-refractivity contribution in [1.29, 1.82) is 0 Å². The van der Waals surface area contributed by atoms with Crippen molar-refractivity contribution in [3.05, 3.63) is 47.5 Å². The summed E-state index contributed by atoms with van der Waals surface area (Å²) in [4.78, 5) is 5.49. The molecule has 0 amide bonds. The molecule has 0 aliphatic heterocycles. The molecular weight excluding hydrogens is 306 g/mol. The van der Waals surface area contributed by atoms with Gasteiger partial charge in [-0.3, -0.25) is 0 Å². The summed E-state index contributed by atoms with van der Waals surface area (Å²) in [6.45, 7) is 8.08. The van der Waals surface area contributed by atoms with Gasteiger partial charge in [0.1, 0.15) is 6.61 Å². The van der Waals surface area contributed by atoms with Crippen molar-refractivity contribution in [2.24, 2.45) is 33.7 Å². The van der Waals surface area contributed by atoms with Gasteiger partial charge in [0.15, 0.2) is 0 Å². The van der Waals surface area contributed by atoms with Gasteiger partial charge in [0.25, 0.3) is 0 Å². The average molecular weight is 338 g/mol. The van der Waals surface area contributed by atoms with Crippen molar-refractivity contribution in [2.45, 2.75) is 59.5 Å². The van der Waals surface area contributed by atoms with E-state index in [1.807, 2.05) is 24.4 Å². The Labute approximate surface area is 152 Å². The largest absolute Gasteiger partial charge is 0.391 e. The van der Waals surface area contributed by atoms with E-state index in [1.54, 1.807) is 5.57 Å². The number of hydrogen-bond donors (Lipinski definition) is 0. The Morgan fingerprint density at radius 2 is 1.92 bits per heavy atom. The lowest BCUT2D eigenvalue weighted by Crippen LogP contribution is -2.28. The third-order valence-corrected chi connectivity index (χ3v) is 7.42. The van der Waals surface area contributed by atoms with Crippen LogP contribution in [0.15, 0.2) is 47.1 Å². The van der Waals surface area contributed by atoms with Gasteiger partial charge in [-0.2, -0.15) is 0 Å². The minimum absolute atomic E-state index is 0.396. The number of allylic oxidation sites excluding steroid dienone is 2. The summed E-state index contributed by atoms with van der Waals surface area (Å²) in [5.41, 5.74) is 3.70. The van der Waals surface area contributed by atoms with Crippen LogP contribution in [0.25, 0.3) is 0 Å². The molecule has 4 rings (SSSR count). The van der Waals surface area contributed by atoms with Crippen molar-refractivity contribution in [3.8, 4) is 0 Å². The highest BCUT2D eigenvalue weighted by molar-refractivity contribution is 5.72. The van der Waals surface area contributed by atoms with Gasteiger partial charge in [-0.1, -0.05) is 68.3 Å². The number of rotatable bonds is 4. The van der Waals surface area contributed by atoms with E-state index in [0.29, 0.717) is 17.4 Å². The van der Waals surface area contributed by atoms with Crippen LogP contribution in [-0.2, 0) is 11.4 Å². The third-order valence-electron chi connectivity index (χ3n) is 7.42. The maximum atomic E-state index is 5.49. The van der Waals surface area contributed by atoms with Gasteiger partial charge in [0.2, 0.25) is 0 Å². The van der Waals surface area contributed by atoms with Crippen molar-refractivity contribution < 1.29 is 4.84 Å².